The number of halogens is 1. The third-order valence-corrected chi connectivity index (χ3v) is 2.24. The molecule has 1 aromatic carbocycles. The van der Waals surface area contributed by atoms with E-state index < -0.39 is 12.1 Å². The SMILES string of the molecule is CCOC(=O)C(O)c1ccc(Cl)cc1OC. The highest BCUT2D eigenvalue weighted by Crippen LogP contribution is 2.28. The van der Waals surface area contributed by atoms with Crippen molar-refractivity contribution in [3.63, 3.8) is 0 Å². The van der Waals surface area contributed by atoms with Crippen molar-refractivity contribution in [1.29, 1.82) is 0 Å². The molecule has 4 nitrogen and oxygen atoms in total. The van der Waals surface area contributed by atoms with Crippen molar-refractivity contribution in [2.45, 2.75) is 13.0 Å². The second-order valence-electron chi connectivity index (χ2n) is 3.04. The van der Waals surface area contributed by atoms with Gasteiger partial charge in [-0.2, -0.15) is 0 Å². The minimum absolute atomic E-state index is 0.214. The van der Waals surface area contributed by atoms with Crippen LogP contribution in [0.3, 0.4) is 0 Å². The molecule has 1 aromatic rings. The summed E-state index contributed by atoms with van der Waals surface area (Å²) in [5.74, 6) is -0.351. The number of methoxy groups -OCH3 is 1. The number of benzene rings is 1. The Bertz CT molecular complexity index is 378. The maximum Gasteiger partial charge on any atom is 0.339 e. The van der Waals surface area contributed by atoms with Crippen LogP contribution in [0.25, 0.3) is 0 Å². The van der Waals surface area contributed by atoms with E-state index in [1.54, 1.807) is 13.0 Å². The molecule has 1 unspecified atom stereocenters. The number of aliphatic hydroxyl groups is 1. The maximum absolute atomic E-state index is 11.3. The molecule has 0 spiro atoms. The Kier molecular flexibility index (Phi) is 4.58. The van der Waals surface area contributed by atoms with Gasteiger partial charge in [0.1, 0.15) is 5.75 Å². The number of esters is 1. The lowest BCUT2D eigenvalue weighted by molar-refractivity contribution is -0.153. The number of aliphatic hydroxyl groups excluding tert-OH is 1. The topological polar surface area (TPSA) is 55.8 Å². The van der Waals surface area contributed by atoms with Gasteiger partial charge in [-0.1, -0.05) is 17.7 Å². The molecule has 0 aliphatic rings. The summed E-state index contributed by atoms with van der Waals surface area (Å²) in [6, 6.07) is 4.63. The molecule has 5 heteroatoms. The van der Waals surface area contributed by atoms with Gasteiger partial charge in [-0.15, -0.1) is 0 Å². The molecule has 0 heterocycles. The molecule has 0 aliphatic carbocycles. The van der Waals surface area contributed by atoms with E-state index in [0.717, 1.165) is 0 Å². The van der Waals surface area contributed by atoms with Crippen LogP contribution in [0.2, 0.25) is 5.02 Å². The zero-order valence-electron chi connectivity index (χ0n) is 9.07. The van der Waals surface area contributed by atoms with Gasteiger partial charge in [0.2, 0.25) is 0 Å². The van der Waals surface area contributed by atoms with Crippen molar-refractivity contribution >= 4 is 17.6 Å². The molecule has 0 amide bonds. The van der Waals surface area contributed by atoms with Crippen LogP contribution >= 0.6 is 11.6 Å². The van der Waals surface area contributed by atoms with Crippen molar-refractivity contribution < 1.29 is 19.4 Å². The molecule has 1 rings (SSSR count). The number of hydrogen-bond donors (Lipinski definition) is 1. The Balaban J connectivity index is 2.98. The van der Waals surface area contributed by atoms with Crippen molar-refractivity contribution in [1.82, 2.24) is 0 Å². The predicted octanol–water partition coefficient (Wildman–Crippen LogP) is 1.95. The summed E-state index contributed by atoms with van der Waals surface area (Å²) in [6.45, 7) is 1.88. The first-order valence-electron chi connectivity index (χ1n) is 4.78. The molecule has 0 radical (unpaired) electrons. The van der Waals surface area contributed by atoms with Crippen molar-refractivity contribution in [2.75, 3.05) is 13.7 Å². The molecule has 0 aromatic heterocycles. The van der Waals surface area contributed by atoms with Crippen LogP contribution in [-0.4, -0.2) is 24.8 Å². The van der Waals surface area contributed by atoms with Crippen LogP contribution in [0.5, 0.6) is 5.75 Å². The van der Waals surface area contributed by atoms with Crippen molar-refractivity contribution in [3.05, 3.63) is 28.8 Å². The smallest absolute Gasteiger partial charge is 0.339 e. The molecular formula is C11H13ClO4. The number of ether oxygens (including phenoxy) is 2. The Morgan fingerprint density at radius 2 is 2.25 bits per heavy atom. The third-order valence-electron chi connectivity index (χ3n) is 2.00. The largest absolute Gasteiger partial charge is 0.496 e. The summed E-state index contributed by atoms with van der Waals surface area (Å²) in [5, 5.41) is 10.2. The lowest BCUT2D eigenvalue weighted by Crippen LogP contribution is -2.16. The van der Waals surface area contributed by atoms with Gasteiger partial charge < -0.3 is 14.6 Å². The van der Waals surface area contributed by atoms with Crippen LogP contribution in [-0.2, 0) is 9.53 Å². The van der Waals surface area contributed by atoms with Gasteiger partial charge in [0.15, 0.2) is 6.10 Å². The fraction of sp³-hybridized carbons (Fsp3) is 0.364. The van der Waals surface area contributed by atoms with E-state index in [-0.39, 0.29) is 6.61 Å². The van der Waals surface area contributed by atoms with Crippen LogP contribution in [0, 0.1) is 0 Å². The number of rotatable bonds is 4. The third kappa shape index (κ3) is 2.87. The van der Waals surface area contributed by atoms with E-state index in [1.807, 2.05) is 0 Å². The number of carbonyl (C=O) groups excluding carboxylic acids is 1. The molecular weight excluding hydrogens is 232 g/mol. The first kappa shape index (κ1) is 12.8. The second kappa shape index (κ2) is 5.72. The van der Waals surface area contributed by atoms with E-state index >= 15 is 0 Å². The summed E-state index contributed by atoms with van der Waals surface area (Å²) in [7, 11) is 1.44. The highest BCUT2D eigenvalue weighted by Gasteiger charge is 2.22. The van der Waals surface area contributed by atoms with Gasteiger partial charge in [0.05, 0.1) is 13.7 Å². The highest BCUT2D eigenvalue weighted by atomic mass is 35.5. The summed E-state index contributed by atoms with van der Waals surface area (Å²) >= 11 is 5.76. The zero-order chi connectivity index (χ0) is 12.1. The van der Waals surface area contributed by atoms with Gasteiger partial charge in [-0.05, 0) is 19.1 Å². The molecule has 1 N–H and O–H groups in total. The van der Waals surface area contributed by atoms with E-state index in [9.17, 15) is 9.90 Å². The standard InChI is InChI=1S/C11H13ClO4/c1-3-16-11(14)10(13)8-5-4-7(12)6-9(8)15-2/h4-6,10,13H,3H2,1-2H3. The Hall–Kier alpha value is -1.26. The van der Waals surface area contributed by atoms with Gasteiger partial charge in [0.25, 0.3) is 0 Å². The van der Waals surface area contributed by atoms with Gasteiger partial charge in [-0.3, -0.25) is 0 Å². The summed E-state index contributed by atoms with van der Waals surface area (Å²) < 4.78 is 9.73. The first-order valence-corrected chi connectivity index (χ1v) is 5.16. The number of hydrogen-bond acceptors (Lipinski definition) is 4. The second-order valence-corrected chi connectivity index (χ2v) is 3.48. The predicted molar refractivity (Wildman–Crippen MR) is 59.6 cm³/mol. The van der Waals surface area contributed by atoms with Gasteiger partial charge >= 0.3 is 5.97 Å². The average molecular weight is 245 g/mol. The summed E-state index contributed by atoms with van der Waals surface area (Å²) in [6.07, 6.45) is -1.35. The Labute approximate surface area is 98.7 Å². The molecule has 16 heavy (non-hydrogen) atoms. The van der Waals surface area contributed by atoms with Crippen LogP contribution < -0.4 is 4.74 Å². The van der Waals surface area contributed by atoms with E-state index in [4.69, 9.17) is 21.1 Å². The summed E-state index contributed by atoms with van der Waals surface area (Å²) in [5.41, 5.74) is 0.338. The normalized spacial score (nSPS) is 12.0. The van der Waals surface area contributed by atoms with E-state index in [0.29, 0.717) is 16.3 Å². The molecule has 1 atom stereocenters. The molecule has 0 saturated heterocycles. The van der Waals surface area contributed by atoms with Gasteiger partial charge in [0, 0.05) is 10.6 Å². The van der Waals surface area contributed by atoms with Crippen LogP contribution in [0.15, 0.2) is 18.2 Å². The van der Waals surface area contributed by atoms with Crippen molar-refractivity contribution in [2.24, 2.45) is 0 Å². The Morgan fingerprint density at radius 3 is 2.81 bits per heavy atom. The van der Waals surface area contributed by atoms with Gasteiger partial charge in [-0.25, -0.2) is 4.79 Å². The van der Waals surface area contributed by atoms with E-state index in [2.05, 4.69) is 0 Å². The zero-order valence-corrected chi connectivity index (χ0v) is 9.82. The van der Waals surface area contributed by atoms with Crippen LogP contribution in [0.1, 0.15) is 18.6 Å². The lowest BCUT2D eigenvalue weighted by atomic mass is 10.1. The molecule has 0 bridgehead atoms. The quantitative estimate of drug-likeness (QED) is 0.823. The number of carbonyl (C=O) groups is 1. The molecule has 0 aliphatic heterocycles. The van der Waals surface area contributed by atoms with Crippen molar-refractivity contribution in [3.8, 4) is 5.75 Å². The van der Waals surface area contributed by atoms with E-state index in [1.165, 1.54) is 19.2 Å². The fourth-order valence-electron chi connectivity index (χ4n) is 1.26. The highest BCUT2D eigenvalue weighted by molar-refractivity contribution is 6.30. The molecule has 88 valence electrons. The summed E-state index contributed by atoms with van der Waals surface area (Å²) in [4.78, 5) is 11.3. The Morgan fingerprint density at radius 1 is 1.56 bits per heavy atom. The maximum atomic E-state index is 11.3. The lowest BCUT2D eigenvalue weighted by Gasteiger charge is -2.13. The molecule has 0 fully saturated rings. The van der Waals surface area contributed by atoms with Crippen LogP contribution in [0.4, 0.5) is 0 Å². The first-order chi connectivity index (χ1) is 7.60. The molecule has 0 saturated carbocycles. The minimum Gasteiger partial charge on any atom is -0.496 e. The minimum atomic E-state index is -1.35. The monoisotopic (exact) mass is 244 g/mol. The fourth-order valence-corrected chi connectivity index (χ4v) is 1.42. The average Bonchev–Trinajstić information content (AvgIpc) is 2.28.